The van der Waals surface area contributed by atoms with Crippen molar-refractivity contribution >= 4 is 56.7 Å². The number of methoxy groups -OCH3 is 2. The number of carbonyl (C=O) groups excluding carboxylic acids is 3. The van der Waals surface area contributed by atoms with E-state index in [1.54, 1.807) is 40.7 Å². The highest BCUT2D eigenvalue weighted by Crippen LogP contribution is 2.71. The highest BCUT2D eigenvalue weighted by Gasteiger charge is 2.75. The number of halogens is 3. The molecule has 456 valence electrons. The maximum absolute atomic E-state index is 17.9. The number of carboxylic acid groups (broad SMARTS) is 1. The number of carbonyl (C=O) groups is 4. The third-order valence-corrected chi connectivity index (χ3v) is 21.8. The standard InChI is InChI=1S/C64H77F3N6O12/c1-31-25-42-41-16-11-37-26-40(74)17-18-61(37,7)63(41,67)43(75)27-62(42,8)64(31,82)44(76)29-85-60(81)48-36(6)73(39-14-15-39)52-46(56(48)78)34(4)50(66)54(58(52)84-10)70-23-24-71(32(2)28-70)30-68-19-21-69(22-20-68)53-49(65)33(3)45-51(57(53)83-9)72(38-12-13-38)35(5)47(55(45)77)59(79)80/h17-18,26,31-32,38-39,41-43,75,82H,11-16,19-25,27-30H2,1-10H3,(H,79,80)/t31-,32?,41+,42+,43+,61+,62+,63+,64?/m1/s1. The minimum absolute atomic E-state index is 0.0104. The molecule has 7 fully saturated rings. The van der Waals surface area contributed by atoms with Gasteiger partial charge in [-0.05, 0) is 117 Å². The van der Waals surface area contributed by atoms with Gasteiger partial charge in [-0.15, -0.1) is 0 Å². The molecule has 2 aromatic heterocycles. The van der Waals surface area contributed by atoms with Crippen molar-refractivity contribution in [1.29, 1.82) is 0 Å². The van der Waals surface area contributed by atoms with Crippen LogP contribution in [-0.2, 0) is 14.3 Å². The van der Waals surface area contributed by atoms with Gasteiger partial charge in [0.25, 0.3) is 0 Å². The van der Waals surface area contributed by atoms with Gasteiger partial charge in [-0.1, -0.05) is 25.5 Å². The number of hydrogen-bond acceptors (Lipinski definition) is 15. The van der Waals surface area contributed by atoms with Crippen molar-refractivity contribution < 1.29 is 61.9 Å². The maximum atomic E-state index is 17.9. The zero-order chi connectivity index (χ0) is 61.0. The first-order valence-electron chi connectivity index (χ1n) is 30.0. The number of alkyl halides is 1. The molecule has 3 N–H and O–H groups in total. The van der Waals surface area contributed by atoms with Crippen molar-refractivity contribution in [2.45, 2.75) is 142 Å². The highest BCUT2D eigenvalue weighted by molar-refractivity contribution is 6.03. The van der Waals surface area contributed by atoms with Crippen LogP contribution in [0.25, 0.3) is 21.8 Å². The van der Waals surface area contributed by atoms with E-state index in [2.05, 4.69) is 16.7 Å². The smallest absolute Gasteiger partial charge is 0.344 e. The number of fused-ring (bicyclic) bond motifs is 7. The molecule has 85 heavy (non-hydrogen) atoms. The van der Waals surface area contributed by atoms with Gasteiger partial charge in [0, 0.05) is 103 Å². The van der Waals surface area contributed by atoms with Gasteiger partial charge >= 0.3 is 11.9 Å². The molecule has 8 aliphatic rings. The van der Waals surface area contributed by atoms with Crippen LogP contribution in [0.2, 0.25) is 0 Å². The van der Waals surface area contributed by atoms with Crippen LogP contribution in [0.4, 0.5) is 24.5 Å². The van der Waals surface area contributed by atoms with Crippen LogP contribution in [-0.4, -0.2) is 154 Å². The molecule has 0 bridgehead atoms. The van der Waals surface area contributed by atoms with Crippen molar-refractivity contribution in [3.63, 3.8) is 0 Å². The molecule has 4 aromatic rings. The molecule has 5 saturated carbocycles. The molecule has 0 spiro atoms. The van der Waals surface area contributed by atoms with Gasteiger partial charge in [0.15, 0.2) is 41.2 Å². The van der Waals surface area contributed by atoms with Crippen LogP contribution in [0.1, 0.15) is 134 Å². The van der Waals surface area contributed by atoms with Crippen molar-refractivity contribution in [2.75, 3.05) is 83.1 Å². The predicted molar refractivity (Wildman–Crippen MR) is 312 cm³/mol. The molecular weight excluding hydrogens is 1100 g/mol. The van der Waals surface area contributed by atoms with E-state index in [1.165, 1.54) is 40.2 Å². The summed E-state index contributed by atoms with van der Waals surface area (Å²) < 4.78 is 73.4. The predicted octanol–water partition coefficient (Wildman–Crippen LogP) is 7.58. The van der Waals surface area contributed by atoms with E-state index in [0.717, 1.165) is 12.8 Å². The van der Waals surface area contributed by atoms with E-state index in [0.29, 0.717) is 100 Å². The summed E-state index contributed by atoms with van der Waals surface area (Å²) in [5.41, 5.74) is -6.76. The lowest BCUT2D eigenvalue weighted by Gasteiger charge is -2.62. The van der Waals surface area contributed by atoms with Gasteiger partial charge in [0.05, 0.1) is 48.8 Å². The SMILES string of the molecule is COc1c(N2CCN(CN3CCN(c4c(F)c(C)c5c(=O)c(C(=O)OCC(=O)C6(O)[C@H](C)C[C@H]7[C@@H]8CCC9=CC(=O)C=C[C@]9(C)[C@@]8(F)[C@@H](O)C[C@@]76C)c(C)n(C6CC6)c5c4OC)CC3C)CC2)c(F)c(C)c2c(=O)c(C(=O)O)c(C)n(C3CC3)c12. The summed E-state index contributed by atoms with van der Waals surface area (Å²) in [5.74, 6) is -6.55. The molecule has 0 radical (unpaired) electrons. The van der Waals surface area contributed by atoms with E-state index >= 15 is 13.2 Å². The van der Waals surface area contributed by atoms with Crippen LogP contribution in [0, 0.1) is 67.9 Å². The number of carboxylic acids is 1. The van der Waals surface area contributed by atoms with Crippen molar-refractivity contribution in [3.8, 4) is 11.5 Å². The number of anilines is 2. The second-order valence-corrected chi connectivity index (χ2v) is 26.2. The fraction of sp³-hybridized carbons (Fsp3) is 0.594. The third kappa shape index (κ3) is 8.37. The molecule has 2 unspecified atom stereocenters. The quantitative estimate of drug-likeness (QED) is 0.110. The van der Waals surface area contributed by atoms with Gasteiger partial charge in [0.2, 0.25) is 16.6 Å². The van der Waals surface area contributed by atoms with Crippen LogP contribution in [0.5, 0.6) is 11.5 Å². The number of aryl methyl sites for hydroxylation is 2. The monoisotopic (exact) mass is 1180 g/mol. The summed E-state index contributed by atoms with van der Waals surface area (Å²) in [7, 11) is 2.87. The number of hydrogen-bond donors (Lipinski definition) is 3. The van der Waals surface area contributed by atoms with Crippen LogP contribution in [0.15, 0.2) is 33.4 Å². The Balaban J connectivity index is 0.760. The minimum atomic E-state index is -2.18. The van der Waals surface area contributed by atoms with Crippen LogP contribution in [0.3, 0.4) is 0 Å². The Labute approximate surface area is 490 Å². The largest absolute Gasteiger partial charge is 0.492 e. The fourth-order valence-electron chi connectivity index (χ4n) is 17.0. The molecule has 18 nitrogen and oxygen atoms in total. The number of Topliss-reactive ketones (excluding diaryl/α,β-unsaturated/α-hetero) is 1. The molecular formula is C64H77F3N6O12. The third-order valence-electron chi connectivity index (χ3n) is 21.8. The number of nitrogens with zero attached hydrogens (tertiary/aromatic N) is 6. The Hall–Kier alpha value is -6.55. The number of allylic oxidation sites excluding steroid dienone is 4. The van der Waals surface area contributed by atoms with Gasteiger partial charge < -0.3 is 48.5 Å². The van der Waals surface area contributed by atoms with Crippen molar-refractivity contribution in [3.05, 3.63) is 89.5 Å². The Bertz CT molecular complexity index is 3770. The van der Waals surface area contributed by atoms with E-state index in [-0.39, 0.29) is 98.3 Å². The van der Waals surface area contributed by atoms with Gasteiger partial charge in [0.1, 0.15) is 28.1 Å². The number of rotatable bonds is 13. The summed E-state index contributed by atoms with van der Waals surface area (Å²) in [4.78, 5) is 90.7. The number of aromatic carboxylic acids is 1. The summed E-state index contributed by atoms with van der Waals surface area (Å²) in [6, 6.07) is -0.304. The highest BCUT2D eigenvalue weighted by atomic mass is 19.1. The Kier molecular flexibility index (Phi) is 14.2. The molecule has 2 aromatic carbocycles. The zero-order valence-electron chi connectivity index (χ0n) is 50.1. The van der Waals surface area contributed by atoms with Crippen LogP contribution < -0.4 is 30.1 Å². The lowest BCUT2D eigenvalue weighted by Crippen LogP contribution is -2.69. The van der Waals surface area contributed by atoms with Crippen molar-refractivity contribution in [2.24, 2.45) is 28.6 Å². The van der Waals surface area contributed by atoms with E-state index < -0.39 is 92.8 Å². The maximum Gasteiger partial charge on any atom is 0.344 e. The summed E-state index contributed by atoms with van der Waals surface area (Å²) in [6.07, 6.45) is 6.41. The van der Waals surface area contributed by atoms with E-state index in [1.807, 2.05) is 18.9 Å². The summed E-state index contributed by atoms with van der Waals surface area (Å²) >= 11 is 0. The van der Waals surface area contributed by atoms with E-state index in [9.17, 15) is 44.1 Å². The number of esters is 1. The minimum Gasteiger partial charge on any atom is -0.492 e. The molecule has 0 amide bonds. The average molecular weight is 1180 g/mol. The number of ether oxygens (including phenoxy) is 3. The molecule has 9 atom stereocenters. The average Bonchev–Trinajstić information content (AvgIpc) is 1.59. The summed E-state index contributed by atoms with van der Waals surface area (Å²) in [5, 5.41) is 34.5. The first kappa shape index (κ1) is 58.8. The Morgan fingerprint density at radius 1 is 0.753 bits per heavy atom. The molecule has 2 saturated heterocycles. The fourth-order valence-corrected chi connectivity index (χ4v) is 17.0. The van der Waals surface area contributed by atoms with Gasteiger partial charge in [-0.2, -0.15) is 0 Å². The number of aliphatic hydroxyl groups is 2. The van der Waals surface area contributed by atoms with Gasteiger partial charge in [-0.3, -0.25) is 29.0 Å². The first-order chi connectivity index (χ1) is 40.2. The molecule has 2 aliphatic heterocycles. The number of pyridine rings is 2. The Morgan fingerprint density at radius 2 is 1.29 bits per heavy atom. The molecule has 12 rings (SSSR count). The zero-order valence-corrected chi connectivity index (χ0v) is 50.1. The second-order valence-electron chi connectivity index (χ2n) is 26.2. The van der Waals surface area contributed by atoms with Crippen LogP contribution >= 0.6 is 0 Å². The number of piperazine rings is 2. The second kappa shape index (κ2) is 20.5. The number of ketones is 2. The topological polar surface area (TPSA) is 214 Å². The lowest BCUT2D eigenvalue weighted by molar-refractivity contribution is -0.219. The van der Waals surface area contributed by atoms with Gasteiger partial charge in [-0.25, -0.2) is 22.8 Å². The number of benzene rings is 2. The molecule has 4 heterocycles. The first-order valence-corrected chi connectivity index (χ1v) is 30.0. The number of aliphatic hydroxyl groups excluding tert-OH is 1. The lowest BCUT2D eigenvalue weighted by atomic mass is 9.44. The molecule has 6 aliphatic carbocycles. The summed E-state index contributed by atoms with van der Waals surface area (Å²) in [6.45, 7) is 16.4. The normalized spacial score (nSPS) is 30.6. The Morgan fingerprint density at radius 3 is 1.84 bits per heavy atom. The molecule has 21 heteroatoms. The van der Waals surface area contributed by atoms with Crippen molar-refractivity contribution in [1.82, 2.24) is 18.9 Å². The number of aromatic nitrogens is 2. The van der Waals surface area contributed by atoms with E-state index in [4.69, 9.17) is 14.2 Å².